The van der Waals surface area contributed by atoms with Crippen LogP contribution in [0.4, 0.5) is 4.39 Å². The van der Waals surface area contributed by atoms with Crippen molar-refractivity contribution in [2.75, 3.05) is 33.9 Å². The molecule has 36 heavy (non-hydrogen) atoms. The Kier molecular flexibility index (Phi) is 9.50. The number of rotatable bonds is 12. The largest absolute Gasteiger partial charge is 0.493 e. The molecule has 2 amide bonds. The first-order valence-corrected chi connectivity index (χ1v) is 11.9. The molecule has 1 aromatic heterocycles. The number of carbonyl (C=O) groups excluding carboxylic acids is 2. The van der Waals surface area contributed by atoms with Crippen LogP contribution >= 0.6 is 0 Å². The lowest BCUT2D eigenvalue weighted by molar-refractivity contribution is -0.132. The van der Waals surface area contributed by atoms with E-state index in [0.717, 1.165) is 5.56 Å². The number of hydrogen-bond acceptors (Lipinski definition) is 5. The van der Waals surface area contributed by atoms with Gasteiger partial charge in [-0.3, -0.25) is 9.59 Å². The molecule has 3 rings (SSSR count). The van der Waals surface area contributed by atoms with Gasteiger partial charge < -0.3 is 23.7 Å². The quantitative estimate of drug-likeness (QED) is 0.360. The fourth-order valence-electron chi connectivity index (χ4n) is 3.91. The van der Waals surface area contributed by atoms with E-state index in [1.165, 1.54) is 23.1 Å². The third kappa shape index (κ3) is 7.10. The van der Waals surface area contributed by atoms with Crippen molar-refractivity contribution in [2.24, 2.45) is 5.92 Å². The monoisotopic (exact) mass is 496 g/mol. The molecule has 1 heterocycles. The molecule has 3 aromatic rings. The molecule has 0 unspecified atom stereocenters. The van der Waals surface area contributed by atoms with Crippen LogP contribution in [0, 0.1) is 11.7 Å². The Morgan fingerprint density at radius 3 is 2.36 bits per heavy atom. The molecule has 0 bridgehead atoms. The molecule has 0 saturated carbocycles. The van der Waals surface area contributed by atoms with Crippen molar-refractivity contribution in [2.45, 2.75) is 26.8 Å². The maximum Gasteiger partial charge on any atom is 0.257 e. The Morgan fingerprint density at radius 2 is 1.72 bits per heavy atom. The van der Waals surface area contributed by atoms with Gasteiger partial charge in [-0.05, 0) is 54.3 Å². The Labute approximate surface area is 211 Å². The first-order valence-electron chi connectivity index (χ1n) is 11.9. The van der Waals surface area contributed by atoms with Crippen LogP contribution in [0.1, 0.15) is 35.5 Å². The number of benzene rings is 2. The fraction of sp³-hybridized carbons (Fsp3) is 0.357. The first kappa shape index (κ1) is 26.8. The van der Waals surface area contributed by atoms with Gasteiger partial charge in [-0.1, -0.05) is 32.0 Å². The summed E-state index contributed by atoms with van der Waals surface area (Å²) in [4.78, 5) is 29.7. The molecule has 0 atom stereocenters. The summed E-state index contributed by atoms with van der Waals surface area (Å²) in [5.74, 6) is 0.596. The normalized spacial score (nSPS) is 10.8. The second-order valence-corrected chi connectivity index (χ2v) is 8.89. The molecular formula is C28H33FN2O5. The summed E-state index contributed by atoms with van der Waals surface area (Å²) in [5, 5.41) is 0. The molecule has 0 N–H and O–H groups in total. The maximum absolute atomic E-state index is 14.3. The Morgan fingerprint density at radius 1 is 0.972 bits per heavy atom. The predicted octanol–water partition coefficient (Wildman–Crippen LogP) is 4.81. The van der Waals surface area contributed by atoms with Crippen molar-refractivity contribution >= 4 is 11.8 Å². The lowest BCUT2D eigenvalue weighted by atomic mass is 10.1. The van der Waals surface area contributed by atoms with Gasteiger partial charge in [0.2, 0.25) is 5.91 Å². The summed E-state index contributed by atoms with van der Waals surface area (Å²) < 4.78 is 30.5. The number of hydrogen-bond donors (Lipinski definition) is 0. The lowest BCUT2D eigenvalue weighted by Crippen LogP contribution is -2.44. The Bertz CT molecular complexity index is 1150. The number of furan rings is 1. The molecule has 8 heteroatoms. The molecule has 192 valence electrons. The van der Waals surface area contributed by atoms with E-state index < -0.39 is 11.7 Å². The minimum absolute atomic E-state index is 0.0473. The topological polar surface area (TPSA) is 72.2 Å². The predicted molar refractivity (Wildman–Crippen MR) is 135 cm³/mol. The third-order valence-corrected chi connectivity index (χ3v) is 5.70. The molecule has 2 aromatic carbocycles. The highest BCUT2D eigenvalue weighted by Gasteiger charge is 2.25. The minimum atomic E-state index is -0.607. The number of carbonyl (C=O) groups is 2. The van der Waals surface area contributed by atoms with Gasteiger partial charge in [0, 0.05) is 13.1 Å². The molecule has 0 fully saturated rings. The number of methoxy groups -OCH3 is 2. The average Bonchev–Trinajstić information content (AvgIpc) is 3.38. The van der Waals surface area contributed by atoms with E-state index in [0.29, 0.717) is 36.8 Å². The van der Waals surface area contributed by atoms with E-state index in [9.17, 15) is 14.0 Å². The summed E-state index contributed by atoms with van der Waals surface area (Å²) in [5.41, 5.74) is 0.917. The lowest BCUT2D eigenvalue weighted by Gasteiger charge is -2.28. The van der Waals surface area contributed by atoms with E-state index in [4.69, 9.17) is 13.9 Å². The van der Waals surface area contributed by atoms with Gasteiger partial charge in [-0.15, -0.1) is 0 Å². The molecule has 0 aliphatic heterocycles. The molecular weight excluding hydrogens is 463 g/mol. The SMILES string of the molecule is COc1ccc(CCN(Cc2ccco2)C(=O)CN(CC(C)C)C(=O)c2ccccc2F)cc1OC. The van der Waals surface area contributed by atoms with Crippen LogP contribution in [0.2, 0.25) is 0 Å². The molecule has 0 radical (unpaired) electrons. The number of amides is 2. The zero-order valence-electron chi connectivity index (χ0n) is 21.2. The molecule has 7 nitrogen and oxygen atoms in total. The van der Waals surface area contributed by atoms with Crippen LogP contribution in [0.15, 0.2) is 65.3 Å². The van der Waals surface area contributed by atoms with Gasteiger partial charge in [0.05, 0.1) is 32.6 Å². The van der Waals surface area contributed by atoms with E-state index >= 15 is 0 Å². The van der Waals surface area contributed by atoms with Crippen LogP contribution in [0.5, 0.6) is 11.5 Å². The maximum atomic E-state index is 14.3. The van der Waals surface area contributed by atoms with Crippen LogP contribution in [0.25, 0.3) is 0 Å². The van der Waals surface area contributed by atoms with Crippen molar-refractivity contribution in [1.82, 2.24) is 9.80 Å². The Hall–Kier alpha value is -3.81. The van der Waals surface area contributed by atoms with Crippen molar-refractivity contribution in [3.05, 3.63) is 83.6 Å². The molecule has 0 spiro atoms. The summed E-state index contributed by atoms with van der Waals surface area (Å²) in [6, 6.07) is 15.0. The van der Waals surface area contributed by atoms with Crippen molar-refractivity contribution in [3.8, 4) is 11.5 Å². The zero-order valence-corrected chi connectivity index (χ0v) is 21.2. The standard InChI is InChI=1S/C28H33FN2O5/c1-20(2)17-31(28(33)23-9-5-6-10-24(23)29)19-27(32)30(18-22-8-7-15-36-22)14-13-21-11-12-25(34-3)26(16-21)35-4/h5-12,15-16,20H,13-14,17-19H2,1-4H3. The van der Waals surface area contributed by atoms with E-state index in [1.807, 2.05) is 32.0 Å². The van der Waals surface area contributed by atoms with Crippen LogP contribution in [0.3, 0.4) is 0 Å². The van der Waals surface area contributed by atoms with E-state index in [2.05, 4.69) is 0 Å². The fourth-order valence-corrected chi connectivity index (χ4v) is 3.91. The van der Waals surface area contributed by atoms with Gasteiger partial charge in [0.15, 0.2) is 11.5 Å². The van der Waals surface area contributed by atoms with Crippen molar-refractivity contribution < 1.29 is 27.9 Å². The third-order valence-electron chi connectivity index (χ3n) is 5.70. The van der Waals surface area contributed by atoms with E-state index in [-0.39, 0.29) is 30.5 Å². The first-order chi connectivity index (χ1) is 17.3. The Balaban J connectivity index is 1.79. The molecule has 0 aliphatic rings. The highest BCUT2D eigenvalue weighted by Crippen LogP contribution is 2.28. The van der Waals surface area contributed by atoms with E-state index in [1.54, 1.807) is 43.6 Å². The van der Waals surface area contributed by atoms with Crippen molar-refractivity contribution in [3.63, 3.8) is 0 Å². The van der Waals surface area contributed by atoms with Crippen molar-refractivity contribution in [1.29, 1.82) is 0 Å². The molecule has 0 aliphatic carbocycles. The minimum Gasteiger partial charge on any atom is -0.493 e. The van der Waals surface area contributed by atoms with Gasteiger partial charge in [-0.2, -0.15) is 0 Å². The van der Waals surface area contributed by atoms with Gasteiger partial charge in [-0.25, -0.2) is 4.39 Å². The van der Waals surface area contributed by atoms with Crippen LogP contribution in [-0.4, -0.2) is 55.5 Å². The van der Waals surface area contributed by atoms with Crippen LogP contribution < -0.4 is 9.47 Å². The summed E-state index contributed by atoms with van der Waals surface area (Å²) >= 11 is 0. The number of nitrogens with zero attached hydrogens (tertiary/aromatic N) is 2. The molecule has 0 saturated heterocycles. The zero-order chi connectivity index (χ0) is 26.1. The van der Waals surface area contributed by atoms with Gasteiger partial charge >= 0.3 is 0 Å². The summed E-state index contributed by atoms with van der Waals surface area (Å²) in [7, 11) is 3.15. The summed E-state index contributed by atoms with van der Waals surface area (Å²) in [6.07, 6.45) is 2.11. The highest BCUT2D eigenvalue weighted by molar-refractivity contribution is 5.96. The van der Waals surface area contributed by atoms with Gasteiger partial charge in [0.1, 0.15) is 18.1 Å². The highest BCUT2D eigenvalue weighted by atomic mass is 19.1. The van der Waals surface area contributed by atoms with Crippen LogP contribution in [-0.2, 0) is 17.8 Å². The van der Waals surface area contributed by atoms with Gasteiger partial charge in [0.25, 0.3) is 5.91 Å². The second-order valence-electron chi connectivity index (χ2n) is 8.89. The number of halogens is 1. The summed E-state index contributed by atoms with van der Waals surface area (Å²) in [6.45, 7) is 4.69. The average molecular weight is 497 g/mol. The second kappa shape index (κ2) is 12.8. The smallest absolute Gasteiger partial charge is 0.257 e. The number of ether oxygens (including phenoxy) is 2.